The topological polar surface area (TPSA) is 72.5 Å². The molecule has 0 heterocycles. The first-order valence-corrected chi connectivity index (χ1v) is 4.67. The Morgan fingerprint density at radius 2 is 2.07 bits per heavy atom. The predicted molar refractivity (Wildman–Crippen MR) is 54.1 cm³/mol. The maximum absolute atomic E-state index is 11.0. The van der Waals surface area contributed by atoms with E-state index >= 15 is 0 Å². The molecule has 0 aliphatic carbocycles. The van der Waals surface area contributed by atoms with Gasteiger partial charge in [0.05, 0.1) is 6.54 Å². The number of hydrogen-bond donors (Lipinski definition) is 1. The average molecular weight is 213 g/mol. The summed E-state index contributed by atoms with van der Waals surface area (Å²) >= 11 is 0. The van der Waals surface area contributed by atoms with Crippen molar-refractivity contribution in [2.24, 2.45) is 0 Å². The number of amides is 1. The lowest BCUT2D eigenvalue weighted by molar-refractivity contribution is -0.146. The first kappa shape index (κ1) is 13.4. The summed E-state index contributed by atoms with van der Waals surface area (Å²) in [4.78, 5) is 32.4. The van der Waals surface area contributed by atoms with Crippen molar-refractivity contribution in [3.05, 3.63) is 12.7 Å². The van der Waals surface area contributed by atoms with Crippen molar-refractivity contribution >= 4 is 17.7 Å². The van der Waals surface area contributed by atoms with Crippen molar-refractivity contribution in [1.82, 2.24) is 5.32 Å². The monoisotopic (exact) mass is 213 g/mol. The van der Waals surface area contributed by atoms with E-state index in [0.717, 1.165) is 6.08 Å². The molecule has 5 nitrogen and oxygen atoms in total. The summed E-state index contributed by atoms with van der Waals surface area (Å²) < 4.78 is 4.70. The van der Waals surface area contributed by atoms with E-state index in [9.17, 15) is 14.4 Å². The van der Waals surface area contributed by atoms with Gasteiger partial charge in [0, 0.05) is 6.42 Å². The van der Waals surface area contributed by atoms with Crippen LogP contribution in [0.2, 0.25) is 0 Å². The quantitative estimate of drug-likeness (QED) is 0.284. The van der Waals surface area contributed by atoms with Gasteiger partial charge in [-0.25, -0.2) is 0 Å². The third-order valence-corrected chi connectivity index (χ3v) is 1.59. The Morgan fingerprint density at radius 1 is 1.40 bits per heavy atom. The summed E-state index contributed by atoms with van der Waals surface area (Å²) in [6.45, 7) is 5.22. The van der Waals surface area contributed by atoms with Gasteiger partial charge < -0.3 is 10.1 Å². The molecular weight excluding hydrogens is 198 g/mol. The molecule has 5 heteroatoms. The summed E-state index contributed by atoms with van der Waals surface area (Å²) in [5.74, 6) is -1.04. The summed E-state index contributed by atoms with van der Waals surface area (Å²) in [5.41, 5.74) is 0. The molecule has 0 atom stereocenters. The van der Waals surface area contributed by atoms with Crippen molar-refractivity contribution in [1.29, 1.82) is 0 Å². The highest BCUT2D eigenvalue weighted by molar-refractivity contribution is 5.95. The second kappa shape index (κ2) is 7.73. The van der Waals surface area contributed by atoms with Crippen LogP contribution in [0.1, 0.15) is 19.8 Å². The van der Waals surface area contributed by atoms with Gasteiger partial charge in [-0.3, -0.25) is 14.4 Å². The fraction of sp³-hybridized carbons (Fsp3) is 0.500. The van der Waals surface area contributed by atoms with Gasteiger partial charge in [0.25, 0.3) is 0 Å². The molecular formula is C10H15NO4. The van der Waals surface area contributed by atoms with E-state index in [0.29, 0.717) is 6.42 Å². The Morgan fingerprint density at radius 3 is 2.60 bits per heavy atom. The molecule has 0 aromatic carbocycles. The third-order valence-electron chi connectivity index (χ3n) is 1.59. The highest BCUT2D eigenvalue weighted by atomic mass is 16.5. The molecule has 15 heavy (non-hydrogen) atoms. The largest absolute Gasteiger partial charge is 0.463 e. The molecule has 0 unspecified atom stereocenters. The van der Waals surface area contributed by atoms with Crippen molar-refractivity contribution in [2.45, 2.75) is 19.8 Å². The van der Waals surface area contributed by atoms with Gasteiger partial charge in [0.2, 0.25) is 5.91 Å². The zero-order valence-electron chi connectivity index (χ0n) is 8.75. The Balaban J connectivity index is 3.51. The minimum atomic E-state index is -0.560. The van der Waals surface area contributed by atoms with E-state index in [-0.39, 0.29) is 31.3 Å². The molecule has 0 saturated carbocycles. The molecule has 0 saturated heterocycles. The number of carbonyl (C=O) groups excluding carboxylic acids is 3. The molecule has 0 rings (SSSR count). The molecule has 0 fully saturated rings. The van der Waals surface area contributed by atoms with E-state index in [2.05, 4.69) is 11.9 Å². The Bertz CT molecular complexity index is 260. The molecule has 0 radical (unpaired) electrons. The van der Waals surface area contributed by atoms with Gasteiger partial charge in [-0.05, 0) is 6.08 Å². The highest BCUT2D eigenvalue weighted by Gasteiger charge is 2.08. The molecule has 0 aromatic heterocycles. The van der Waals surface area contributed by atoms with E-state index in [1.807, 2.05) is 0 Å². The van der Waals surface area contributed by atoms with Crippen molar-refractivity contribution in [2.75, 3.05) is 13.2 Å². The molecule has 0 aliphatic heterocycles. The van der Waals surface area contributed by atoms with Crippen LogP contribution in [0, 0.1) is 0 Å². The van der Waals surface area contributed by atoms with Gasteiger partial charge >= 0.3 is 5.97 Å². The van der Waals surface area contributed by atoms with Crippen molar-refractivity contribution < 1.29 is 19.1 Å². The number of ether oxygens (including phenoxy) is 1. The maximum Gasteiger partial charge on any atom is 0.313 e. The first-order chi connectivity index (χ1) is 7.10. The van der Waals surface area contributed by atoms with E-state index in [1.165, 1.54) is 0 Å². The number of esters is 1. The fourth-order valence-corrected chi connectivity index (χ4v) is 0.748. The van der Waals surface area contributed by atoms with Crippen LogP contribution in [0.3, 0.4) is 0 Å². The SMILES string of the molecule is C=CC(=O)NCCOC(=O)CC(=O)CC. The minimum Gasteiger partial charge on any atom is -0.463 e. The molecule has 0 aliphatic rings. The Labute approximate surface area is 88.5 Å². The fourth-order valence-electron chi connectivity index (χ4n) is 0.748. The van der Waals surface area contributed by atoms with E-state index in [4.69, 9.17) is 4.74 Å². The normalized spacial score (nSPS) is 9.13. The smallest absolute Gasteiger partial charge is 0.313 e. The van der Waals surface area contributed by atoms with Crippen LogP contribution in [0.4, 0.5) is 0 Å². The van der Waals surface area contributed by atoms with Gasteiger partial charge in [-0.15, -0.1) is 0 Å². The molecule has 1 N–H and O–H groups in total. The molecule has 0 aromatic rings. The molecule has 0 bridgehead atoms. The van der Waals surface area contributed by atoms with Gasteiger partial charge in [0.1, 0.15) is 18.8 Å². The van der Waals surface area contributed by atoms with Crippen molar-refractivity contribution in [3.8, 4) is 0 Å². The van der Waals surface area contributed by atoms with Crippen LogP contribution in [0.15, 0.2) is 12.7 Å². The summed E-state index contributed by atoms with van der Waals surface area (Å²) in [5, 5.41) is 2.44. The Kier molecular flexibility index (Phi) is 6.88. The lowest BCUT2D eigenvalue weighted by Crippen LogP contribution is -2.26. The average Bonchev–Trinajstić information content (AvgIpc) is 2.23. The number of ketones is 1. The standard InChI is InChI=1S/C10H15NO4/c1-3-8(12)7-10(14)15-6-5-11-9(13)4-2/h4H,2-3,5-7H2,1H3,(H,11,13). The first-order valence-electron chi connectivity index (χ1n) is 4.67. The third kappa shape index (κ3) is 7.42. The second-order valence-corrected chi connectivity index (χ2v) is 2.78. The van der Waals surface area contributed by atoms with Crippen LogP contribution in [0.5, 0.6) is 0 Å². The zero-order valence-corrected chi connectivity index (χ0v) is 8.75. The Hall–Kier alpha value is -1.65. The van der Waals surface area contributed by atoms with Crippen LogP contribution in [-0.4, -0.2) is 30.8 Å². The molecule has 0 spiro atoms. The van der Waals surface area contributed by atoms with Gasteiger partial charge in [0.15, 0.2) is 0 Å². The lowest BCUT2D eigenvalue weighted by atomic mass is 10.2. The number of nitrogens with one attached hydrogen (secondary N) is 1. The van der Waals surface area contributed by atoms with Gasteiger partial charge in [-0.1, -0.05) is 13.5 Å². The summed E-state index contributed by atoms with van der Waals surface area (Å²) in [7, 11) is 0. The van der Waals surface area contributed by atoms with Gasteiger partial charge in [-0.2, -0.15) is 0 Å². The number of rotatable bonds is 7. The number of carbonyl (C=O) groups is 3. The minimum absolute atomic E-state index is 0.0649. The van der Waals surface area contributed by atoms with E-state index < -0.39 is 5.97 Å². The lowest BCUT2D eigenvalue weighted by Gasteiger charge is -2.04. The van der Waals surface area contributed by atoms with Crippen LogP contribution >= 0.6 is 0 Å². The highest BCUT2D eigenvalue weighted by Crippen LogP contribution is 1.91. The predicted octanol–water partition coefficient (Wildman–Crippen LogP) is 0.201. The summed E-state index contributed by atoms with van der Waals surface area (Å²) in [6, 6.07) is 0. The summed E-state index contributed by atoms with van der Waals surface area (Å²) in [6.07, 6.45) is 1.25. The number of hydrogen-bond acceptors (Lipinski definition) is 4. The van der Waals surface area contributed by atoms with Crippen LogP contribution < -0.4 is 5.32 Å². The van der Waals surface area contributed by atoms with Crippen molar-refractivity contribution in [3.63, 3.8) is 0 Å². The maximum atomic E-state index is 11.0. The van der Waals surface area contributed by atoms with Crippen LogP contribution in [-0.2, 0) is 19.1 Å². The van der Waals surface area contributed by atoms with Crippen LogP contribution in [0.25, 0.3) is 0 Å². The second-order valence-electron chi connectivity index (χ2n) is 2.78. The molecule has 84 valence electrons. The van der Waals surface area contributed by atoms with E-state index in [1.54, 1.807) is 6.92 Å². The molecule has 1 amide bonds. The number of Topliss-reactive ketones (excluding diaryl/α,β-unsaturated/α-hetero) is 1. The zero-order chi connectivity index (χ0) is 11.7.